The van der Waals surface area contributed by atoms with Crippen LogP contribution in [0.2, 0.25) is 0 Å². The molecule has 5 heteroatoms. The summed E-state index contributed by atoms with van der Waals surface area (Å²) in [6.07, 6.45) is 0. The minimum atomic E-state index is -0.380. The van der Waals surface area contributed by atoms with Crippen LogP contribution in [-0.2, 0) is 0 Å². The van der Waals surface area contributed by atoms with E-state index in [1.54, 1.807) is 12.1 Å². The highest BCUT2D eigenvalue weighted by Crippen LogP contribution is 2.30. The summed E-state index contributed by atoms with van der Waals surface area (Å²) in [5.74, 6) is 0. The fraction of sp³-hybridized carbons (Fsp3) is 0.273. The number of nitro groups is 1. The Morgan fingerprint density at radius 1 is 1.62 bits per heavy atom. The summed E-state index contributed by atoms with van der Waals surface area (Å²) < 4.78 is 0.701. The third-order valence-electron chi connectivity index (χ3n) is 2.05. The van der Waals surface area contributed by atoms with Crippen molar-refractivity contribution in [3.63, 3.8) is 0 Å². The van der Waals surface area contributed by atoms with Gasteiger partial charge in [-0.25, -0.2) is 0 Å². The topological polar surface area (TPSA) is 46.4 Å². The van der Waals surface area contributed by atoms with Crippen molar-refractivity contribution in [2.24, 2.45) is 0 Å². The molecule has 4 nitrogen and oxygen atoms in total. The molecule has 1 aromatic carbocycles. The highest BCUT2D eigenvalue weighted by Gasteiger charge is 2.17. The fourth-order valence-corrected chi connectivity index (χ4v) is 1.80. The van der Waals surface area contributed by atoms with Crippen LogP contribution in [0, 0.1) is 10.1 Å². The molecule has 16 heavy (non-hydrogen) atoms. The second-order valence-corrected chi connectivity index (χ2v) is 4.62. The lowest BCUT2D eigenvalue weighted by molar-refractivity contribution is -0.384. The molecule has 86 valence electrons. The second-order valence-electron chi connectivity index (χ2n) is 3.70. The van der Waals surface area contributed by atoms with Gasteiger partial charge in [-0.3, -0.25) is 10.1 Å². The van der Waals surface area contributed by atoms with E-state index in [1.807, 2.05) is 18.9 Å². The molecular formula is C11H13BrN2O2. The van der Waals surface area contributed by atoms with Gasteiger partial charge in [-0.1, -0.05) is 28.1 Å². The Labute approximate surface area is 103 Å². The molecule has 0 unspecified atom stereocenters. The number of benzene rings is 1. The maximum atomic E-state index is 10.9. The highest BCUT2D eigenvalue weighted by molar-refractivity contribution is 9.10. The van der Waals surface area contributed by atoms with Crippen molar-refractivity contribution in [2.75, 3.05) is 18.5 Å². The van der Waals surface area contributed by atoms with Crippen molar-refractivity contribution in [3.05, 3.63) is 44.9 Å². The summed E-state index contributed by atoms with van der Waals surface area (Å²) in [7, 11) is 1.81. The molecule has 0 radical (unpaired) electrons. The van der Waals surface area contributed by atoms with Crippen LogP contribution in [0.5, 0.6) is 0 Å². The van der Waals surface area contributed by atoms with Crippen molar-refractivity contribution in [1.82, 2.24) is 0 Å². The molecule has 0 bridgehead atoms. The predicted octanol–water partition coefficient (Wildman–Crippen LogP) is 3.37. The van der Waals surface area contributed by atoms with Crippen LogP contribution in [0.4, 0.5) is 11.4 Å². The second kappa shape index (κ2) is 5.12. The van der Waals surface area contributed by atoms with Crippen molar-refractivity contribution in [2.45, 2.75) is 6.92 Å². The lowest BCUT2D eigenvalue weighted by Gasteiger charge is -2.19. The Bertz CT molecular complexity index is 432. The molecule has 0 aliphatic carbocycles. The SMILES string of the molecule is C=C(C)CN(C)c1ccc(Br)cc1[N+](=O)[O-]. The first kappa shape index (κ1) is 12.7. The van der Waals surface area contributed by atoms with Gasteiger partial charge in [0.25, 0.3) is 5.69 Å². The lowest BCUT2D eigenvalue weighted by atomic mass is 10.2. The average Bonchev–Trinajstić information content (AvgIpc) is 2.16. The molecule has 0 aromatic heterocycles. The predicted molar refractivity (Wildman–Crippen MR) is 68.9 cm³/mol. The van der Waals surface area contributed by atoms with Crippen LogP contribution in [-0.4, -0.2) is 18.5 Å². The van der Waals surface area contributed by atoms with Gasteiger partial charge >= 0.3 is 0 Å². The van der Waals surface area contributed by atoms with Gasteiger partial charge in [-0.15, -0.1) is 0 Å². The van der Waals surface area contributed by atoms with E-state index in [9.17, 15) is 10.1 Å². The van der Waals surface area contributed by atoms with E-state index in [-0.39, 0.29) is 10.6 Å². The van der Waals surface area contributed by atoms with E-state index in [0.29, 0.717) is 16.7 Å². The average molecular weight is 285 g/mol. The number of anilines is 1. The van der Waals surface area contributed by atoms with Gasteiger partial charge in [-0.05, 0) is 19.1 Å². The van der Waals surface area contributed by atoms with Crippen LogP contribution in [0.15, 0.2) is 34.8 Å². The fourth-order valence-electron chi connectivity index (χ4n) is 1.46. The third kappa shape index (κ3) is 3.06. The maximum Gasteiger partial charge on any atom is 0.293 e. The molecule has 1 rings (SSSR count). The molecule has 0 heterocycles. The van der Waals surface area contributed by atoms with Crippen LogP contribution in [0.1, 0.15) is 6.92 Å². The Hall–Kier alpha value is -1.36. The largest absolute Gasteiger partial charge is 0.365 e. The van der Waals surface area contributed by atoms with E-state index in [0.717, 1.165) is 5.57 Å². The van der Waals surface area contributed by atoms with Gasteiger partial charge in [0.15, 0.2) is 0 Å². The molecule has 1 aromatic rings. The highest BCUT2D eigenvalue weighted by atomic mass is 79.9. The van der Waals surface area contributed by atoms with E-state index >= 15 is 0 Å². The van der Waals surface area contributed by atoms with Crippen molar-refractivity contribution in [1.29, 1.82) is 0 Å². The summed E-state index contributed by atoms with van der Waals surface area (Å²) in [6.45, 7) is 6.28. The molecule has 0 aliphatic heterocycles. The number of halogens is 1. The first-order chi connectivity index (χ1) is 7.41. The van der Waals surface area contributed by atoms with Gasteiger partial charge < -0.3 is 4.90 Å². The quantitative estimate of drug-likeness (QED) is 0.484. The monoisotopic (exact) mass is 284 g/mol. The van der Waals surface area contributed by atoms with Crippen LogP contribution in [0.3, 0.4) is 0 Å². The van der Waals surface area contributed by atoms with E-state index in [1.165, 1.54) is 6.07 Å². The normalized spacial score (nSPS) is 9.94. The Morgan fingerprint density at radius 2 is 2.25 bits per heavy atom. The Balaban J connectivity index is 3.12. The zero-order valence-electron chi connectivity index (χ0n) is 9.24. The lowest BCUT2D eigenvalue weighted by Crippen LogP contribution is -2.20. The zero-order valence-corrected chi connectivity index (χ0v) is 10.8. The molecule has 0 saturated heterocycles. The minimum absolute atomic E-state index is 0.0955. The number of rotatable bonds is 4. The van der Waals surface area contributed by atoms with Crippen molar-refractivity contribution in [3.8, 4) is 0 Å². The smallest absolute Gasteiger partial charge is 0.293 e. The number of likely N-dealkylation sites (N-methyl/N-ethyl adjacent to an activating group) is 1. The summed E-state index contributed by atoms with van der Waals surface area (Å²) in [5, 5.41) is 10.9. The van der Waals surface area contributed by atoms with Crippen molar-refractivity contribution >= 4 is 27.3 Å². The molecule has 0 saturated carbocycles. The van der Waals surface area contributed by atoms with Gasteiger partial charge in [0.2, 0.25) is 0 Å². The standard InChI is InChI=1S/C11H13BrN2O2/c1-8(2)7-13(3)10-5-4-9(12)6-11(10)14(15)16/h4-6H,1,7H2,2-3H3. The van der Waals surface area contributed by atoms with Gasteiger partial charge in [-0.2, -0.15) is 0 Å². The number of nitrogens with zero attached hydrogens (tertiary/aromatic N) is 2. The van der Waals surface area contributed by atoms with Crippen LogP contribution < -0.4 is 4.90 Å². The van der Waals surface area contributed by atoms with Crippen LogP contribution >= 0.6 is 15.9 Å². The van der Waals surface area contributed by atoms with Crippen molar-refractivity contribution < 1.29 is 4.92 Å². The van der Waals surface area contributed by atoms with Crippen LogP contribution in [0.25, 0.3) is 0 Å². The molecule has 0 N–H and O–H groups in total. The Morgan fingerprint density at radius 3 is 2.75 bits per heavy atom. The first-order valence-electron chi connectivity index (χ1n) is 4.71. The Kier molecular flexibility index (Phi) is 4.06. The summed E-state index contributed by atoms with van der Waals surface area (Å²) in [6, 6.07) is 5.02. The zero-order chi connectivity index (χ0) is 12.3. The molecule has 0 spiro atoms. The van der Waals surface area contributed by atoms with Gasteiger partial charge in [0.05, 0.1) is 4.92 Å². The van der Waals surface area contributed by atoms with E-state index in [2.05, 4.69) is 22.5 Å². The number of nitro benzene ring substituents is 1. The summed E-state index contributed by atoms with van der Waals surface area (Å²) in [4.78, 5) is 12.3. The summed E-state index contributed by atoms with van der Waals surface area (Å²) >= 11 is 3.22. The third-order valence-corrected chi connectivity index (χ3v) is 2.55. The van der Waals surface area contributed by atoms with E-state index in [4.69, 9.17) is 0 Å². The molecule has 0 amide bonds. The summed E-state index contributed by atoms with van der Waals surface area (Å²) in [5.41, 5.74) is 1.65. The van der Waals surface area contributed by atoms with Gasteiger partial charge in [0.1, 0.15) is 5.69 Å². The first-order valence-corrected chi connectivity index (χ1v) is 5.50. The number of hydrogen-bond acceptors (Lipinski definition) is 3. The molecule has 0 fully saturated rings. The number of hydrogen-bond donors (Lipinski definition) is 0. The van der Waals surface area contributed by atoms with E-state index < -0.39 is 0 Å². The minimum Gasteiger partial charge on any atom is -0.365 e. The molecule has 0 atom stereocenters. The maximum absolute atomic E-state index is 10.9. The molecular weight excluding hydrogens is 272 g/mol. The van der Waals surface area contributed by atoms with Gasteiger partial charge in [0, 0.05) is 24.1 Å². The molecule has 0 aliphatic rings.